The van der Waals surface area contributed by atoms with Crippen LogP contribution in [0.2, 0.25) is 0 Å². The maximum Gasteiger partial charge on any atom is 0.192 e. The van der Waals surface area contributed by atoms with Gasteiger partial charge >= 0.3 is 0 Å². The van der Waals surface area contributed by atoms with Crippen molar-refractivity contribution >= 4 is 16.6 Å². The lowest BCUT2D eigenvalue weighted by Gasteiger charge is -2.34. The molecule has 0 radical (unpaired) electrons. The molecule has 1 unspecified atom stereocenters. The van der Waals surface area contributed by atoms with Gasteiger partial charge in [0.2, 0.25) is 0 Å². The zero-order valence-electron chi connectivity index (χ0n) is 14.3. The van der Waals surface area contributed by atoms with Crippen LogP contribution in [0.25, 0.3) is 10.9 Å². The number of benzene rings is 1. The second kappa shape index (κ2) is 5.59. The molecule has 0 bridgehead atoms. The molecular formula is C19H24FN3O. The lowest BCUT2D eigenvalue weighted by atomic mass is 10.0. The summed E-state index contributed by atoms with van der Waals surface area (Å²) < 4.78 is 17.1. The molecule has 1 atom stereocenters. The second-order valence-electron chi connectivity index (χ2n) is 7.36. The van der Waals surface area contributed by atoms with Crippen molar-refractivity contribution in [3.63, 3.8) is 0 Å². The first-order valence-electron chi connectivity index (χ1n) is 8.82. The number of aryl methyl sites for hydroxylation is 2. The zero-order chi connectivity index (χ0) is 17.0. The molecule has 4 nitrogen and oxygen atoms in total. The van der Waals surface area contributed by atoms with E-state index in [4.69, 9.17) is 5.73 Å². The van der Waals surface area contributed by atoms with Crippen LogP contribution in [-0.2, 0) is 0 Å². The van der Waals surface area contributed by atoms with E-state index in [1.807, 2.05) is 20.0 Å². The molecule has 0 spiro atoms. The smallest absolute Gasteiger partial charge is 0.192 e. The highest BCUT2D eigenvalue weighted by Gasteiger charge is 2.28. The normalized spacial score (nSPS) is 21.5. The van der Waals surface area contributed by atoms with Crippen LogP contribution in [-0.4, -0.2) is 23.7 Å². The molecule has 2 N–H and O–H groups in total. The van der Waals surface area contributed by atoms with Crippen LogP contribution in [0.5, 0.6) is 0 Å². The Hall–Kier alpha value is -1.88. The molecule has 1 aromatic heterocycles. The molecule has 1 saturated heterocycles. The molecule has 4 rings (SSSR count). The monoisotopic (exact) mass is 329 g/mol. The van der Waals surface area contributed by atoms with Crippen LogP contribution in [0.3, 0.4) is 0 Å². The number of pyridine rings is 1. The zero-order valence-corrected chi connectivity index (χ0v) is 14.3. The van der Waals surface area contributed by atoms with E-state index in [9.17, 15) is 9.18 Å². The quantitative estimate of drug-likeness (QED) is 0.921. The van der Waals surface area contributed by atoms with Crippen LogP contribution in [0, 0.1) is 19.7 Å². The van der Waals surface area contributed by atoms with E-state index in [0.717, 1.165) is 43.3 Å². The highest BCUT2D eigenvalue weighted by Crippen LogP contribution is 2.40. The van der Waals surface area contributed by atoms with E-state index in [-0.39, 0.29) is 17.3 Å². The first kappa shape index (κ1) is 15.6. The molecule has 1 aliphatic carbocycles. The van der Waals surface area contributed by atoms with Crippen LogP contribution in [0.15, 0.2) is 17.1 Å². The third kappa shape index (κ3) is 2.42. The summed E-state index contributed by atoms with van der Waals surface area (Å²) >= 11 is 0. The van der Waals surface area contributed by atoms with Crippen molar-refractivity contribution in [1.29, 1.82) is 0 Å². The summed E-state index contributed by atoms with van der Waals surface area (Å²) in [7, 11) is 0. The molecule has 2 aromatic rings. The van der Waals surface area contributed by atoms with E-state index in [1.165, 1.54) is 6.07 Å². The number of nitrogens with zero attached hydrogens (tertiary/aromatic N) is 2. The fourth-order valence-electron chi connectivity index (χ4n) is 4.05. The molecule has 0 amide bonds. The molecule has 5 heteroatoms. The van der Waals surface area contributed by atoms with Gasteiger partial charge in [0.25, 0.3) is 0 Å². The van der Waals surface area contributed by atoms with Gasteiger partial charge in [-0.05, 0) is 51.2 Å². The van der Waals surface area contributed by atoms with Gasteiger partial charge in [0, 0.05) is 42.3 Å². The second-order valence-corrected chi connectivity index (χ2v) is 7.36. The number of aromatic nitrogens is 1. The number of fused-ring (bicyclic) bond motifs is 1. The average Bonchev–Trinajstić information content (AvgIpc) is 3.36. The number of hydrogen-bond acceptors (Lipinski definition) is 3. The minimum atomic E-state index is -0.306. The van der Waals surface area contributed by atoms with Gasteiger partial charge in [0.1, 0.15) is 5.82 Å². The lowest BCUT2D eigenvalue weighted by Crippen LogP contribution is -2.43. The number of rotatable bonds is 2. The average molecular weight is 329 g/mol. The van der Waals surface area contributed by atoms with Crippen molar-refractivity contribution in [2.24, 2.45) is 5.73 Å². The summed E-state index contributed by atoms with van der Waals surface area (Å²) in [4.78, 5) is 14.6. The van der Waals surface area contributed by atoms with Gasteiger partial charge in [-0.1, -0.05) is 0 Å². The lowest BCUT2D eigenvalue weighted by molar-refractivity contribution is 0.497. The van der Waals surface area contributed by atoms with Crippen LogP contribution < -0.4 is 16.1 Å². The summed E-state index contributed by atoms with van der Waals surface area (Å²) in [5.41, 5.74) is 9.08. The maximum absolute atomic E-state index is 14.9. The Balaban J connectivity index is 1.97. The summed E-state index contributed by atoms with van der Waals surface area (Å²) in [6, 6.07) is 1.95. The Morgan fingerprint density at radius 1 is 1.25 bits per heavy atom. The summed E-state index contributed by atoms with van der Waals surface area (Å²) in [6.45, 7) is 5.24. The Labute approximate surface area is 141 Å². The van der Waals surface area contributed by atoms with E-state index in [2.05, 4.69) is 9.47 Å². The van der Waals surface area contributed by atoms with Gasteiger partial charge < -0.3 is 15.2 Å². The molecule has 24 heavy (non-hydrogen) atoms. The number of anilines is 1. The van der Waals surface area contributed by atoms with Crippen molar-refractivity contribution in [3.05, 3.63) is 39.4 Å². The summed E-state index contributed by atoms with van der Waals surface area (Å²) in [5, 5.41) is 0.502. The van der Waals surface area contributed by atoms with Crippen molar-refractivity contribution in [2.45, 2.75) is 51.6 Å². The maximum atomic E-state index is 14.9. The molecule has 128 valence electrons. The standard InChI is InChI=1S/C19H24FN3O/c1-11-9-23(14-5-6-14)17-12(2)18(16(20)8-15(17)19(11)24)22-7-3-4-13(21)10-22/h8-9,13-14H,3-7,10,21H2,1-2H3. The topological polar surface area (TPSA) is 51.3 Å². The Kier molecular flexibility index (Phi) is 3.64. The minimum absolute atomic E-state index is 0.0641. The van der Waals surface area contributed by atoms with Gasteiger partial charge in [-0.3, -0.25) is 4.79 Å². The predicted octanol–water partition coefficient (Wildman–Crippen LogP) is 3.02. The minimum Gasteiger partial charge on any atom is -0.367 e. The largest absolute Gasteiger partial charge is 0.367 e. The van der Waals surface area contributed by atoms with E-state index in [1.54, 1.807) is 0 Å². The van der Waals surface area contributed by atoms with Gasteiger partial charge in [0.15, 0.2) is 5.43 Å². The fourth-order valence-corrected chi connectivity index (χ4v) is 4.05. The number of piperidine rings is 1. The first-order chi connectivity index (χ1) is 11.5. The van der Waals surface area contributed by atoms with Gasteiger partial charge in [0.05, 0.1) is 11.2 Å². The van der Waals surface area contributed by atoms with Gasteiger partial charge in [-0.2, -0.15) is 0 Å². The first-order valence-corrected chi connectivity index (χ1v) is 8.82. The molecular weight excluding hydrogens is 305 g/mol. The van der Waals surface area contributed by atoms with Gasteiger partial charge in [-0.25, -0.2) is 4.39 Å². The predicted molar refractivity (Wildman–Crippen MR) is 95.3 cm³/mol. The third-order valence-electron chi connectivity index (χ3n) is 5.37. The van der Waals surface area contributed by atoms with Crippen molar-refractivity contribution in [1.82, 2.24) is 4.57 Å². The van der Waals surface area contributed by atoms with E-state index in [0.29, 0.717) is 29.2 Å². The third-order valence-corrected chi connectivity index (χ3v) is 5.37. The highest BCUT2D eigenvalue weighted by atomic mass is 19.1. The summed E-state index contributed by atoms with van der Waals surface area (Å²) in [6.07, 6.45) is 6.15. The van der Waals surface area contributed by atoms with Crippen LogP contribution >= 0.6 is 0 Å². The molecule has 1 aromatic carbocycles. The summed E-state index contributed by atoms with van der Waals surface area (Å²) in [5.74, 6) is -0.306. The van der Waals surface area contributed by atoms with Crippen LogP contribution in [0.4, 0.5) is 10.1 Å². The SMILES string of the molecule is Cc1cn(C2CC2)c2c(C)c(N3CCCC(N)C3)c(F)cc2c1=O. The van der Waals surface area contributed by atoms with E-state index >= 15 is 0 Å². The molecule has 1 aliphatic heterocycles. The van der Waals surface area contributed by atoms with Crippen molar-refractivity contribution < 1.29 is 4.39 Å². The van der Waals surface area contributed by atoms with Gasteiger partial charge in [-0.15, -0.1) is 0 Å². The Bertz CT molecular complexity index is 869. The van der Waals surface area contributed by atoms with Crippen LogP contribution in [0.1, 0.15) is 42.9 Å². The molecule has 2 aliphatic rings. The van der Waals surface area contributed by atoms with Crippen molar-refractivity contribution in [3.8, 4) is 0 Å². The molecule has 1 saturated carbocycles. The Morgan fingerprint density at radius 3 is 2.67 bits per heavy atom. The van der Waals surface area contributed by atoms with E-state index < -0.39 is 0 Å². The molecule has 2 fully saturated rings. The number of hydrogen-bond donors (Lipinski definition) is 1. The fraction of sp³-hybridized carbons (Fsp3) is 0.526. The van der Waals surface area contributed by atoms with Crippen molar-refractivity contribution in [2.75, 3.05) is 18.0 Å². The highest BCUT2D eigenvalue weighted by molar-refractivity contribution is 5.88. The number of halogens is 1. The number of nitrogens with two attached hydrogens (primary N) is 1. The Morgan fingerprint density at radius 2 is 2.00 bits per heavy atom. The molecule has 2 heterocycles.